The van der Waals surface area contributed by atoms with Crippen LogP contribution in [0.5, 0.6) is 0 Å². The Morgan fingerprint density at radius 1 is 0.867 bits per heavy atom. The number of anilines is 2. The number of hydrogen-bond donors (Lipinski definition) is 2. The molecule has 2 aromatic heterocycles. The minimum absolute atomic E-state index is 0.0711. The van der Waals surface area contributed by atoms with E-state index in [9.17, 15) is 13.2 Å². The summed E-state index contributed by atoms with van der Waals surface area (Å²) >= 11 is 1.84. The largest absolute Gasteiger partial charge is 0.296 e. The molecule has 0 aliphatic carbocycles. The SMILES string of the molecule is Cc1ccc(-c2nnc(NS(=O)(=O)c3nnc(NC(=O)c4ccccc4)s3)s2)cc1. The van der Waals surface area contributed by atoms with Crippen molar-refractivity contribution >= 4 is 48.9 Å². The van der Waals surface area contributed by atoms with E-state index in [1.807, 2.05) is 31.2 Å². The van der Waals surface area contributed by atoms with Gasteiger partial charge in [0.25, 0.3) is 20.3 Å². The number of carbonyl (C=O) groups is 1. The summed E-state index contributed by atoms with van der Waals surface area (Å²) in [6.07, 6.45) is 0. The van der Waals surface area contributed by atoms with Crippen LogP contribution in [0.3, 0.4) is 0 Å². The molecule has 0 fully saturated rings. The second kappa shape index (κ2) is 8.26. The van der Waals surface area contributed by atoms with E-state index in [1.54, 1.807) is 30.3 Å². The Morgan fingerprint density at radius 2 is 1.57 bits per heavy atom. The minimum atomic E-state index is -4.02. The number of nitrogens with one attached hydrogen (secondary N) is 2. The first-order chi connectivity index (χ1) is 14.4. The second-order valence-corrected chi connectivity index (χ2v) is 9.89. The summed E-state index contributed by atoms with van der Waals surface area (Å²) < 4.78 is 27.2. The van der Waals surface area contributed by atoms with E-state index in [1.165, 1.54) is 0 Å². The summed E-state index contributed by atoms with van der Waals surface area (Å²) in [5.74, 6) is -0.407. The number of sulfonamides is 1. The third kappa shape index (κ3) is 4.50. The number of amides is 1. The summed E-state index contributed by atoms with van der Waals surface area (Å²) in [6, 6.07) is 16.2. The van der Waals surface area contributed by atoms with E-state index in [0.29, 0.717) is 10.6 Å². The van der Waals surface area contributed by atoms with Crippen LogP contribution in [0.1, 0.15) is 15.9 Å². The first-order valence-corrected chi connectivity index (χ1v) is 11.7. The van der Waals surface area contributed by atoms with Crippen LogP contribution < -0.4 is 10.0 Å². The van der Waals surface area contributed by atoms with Gasteiger partial charge in [0.2, 0.25) is 10.3 Å². The van der Waals surface area contributed by atoms with Gasteiger partial charge in [-0.15, -0.1) is 20.4 Å². The number of aromatic nitrogens is 4. The van der Waals surface area contributed by atoms with Crippen LogP contribution in [0, 0.1) is 6.92 Å². The van der Waals surface area contributed by atoms with Gasteiger partial charge < -0.3 is 0 Å². The fraction of sp³-hybridized carbons (Fsp3) is 0.0556. The molecule has 0 spiro atoms. The monoisotopic (exact) mass is 458 g/mol. The van der Waals surface area contributed by atoms with Crippen molar-refractivity contribution in [2.45, 2.75) is 11.3 Å². The Hall–Kier alpha value is -3.22. The van der Waals surface area contributed by atoms with E-state index in [4.69, 9.17) is 0 Å². The molecule has 0 atom stereocenters. The number of aryl methyl sites for hydroxylation is 1. The molecule has 0 saturated carbocycles. The van der Waals surface area contributed by atoms with Gasteiger partial charge in [-0.3, -0.25) is 14.8 Å². The molecule has 0 aliphatic rings. The van der Waals surface area contributed by atoms with Crippen molar-refractivity contribution in [3.63, 3.8) is 0 Å². The molecule has 1 amide bonds. The summed E-state index contributed by atoms with van der Waals surface area (Å²) in [5.41, 5.74) is 2.37. The van der Waals surface area contributed by atoms with Crippen molar-refractivity contribution in [2.75, 3.05) is 10.0 Å². The fourth-order valence-corrected chi connectivity index (χ4v) is 5.24. The number of benzene rings is 2. The van der Waals surface area contributed by atoms with Gasteiger partial charge >= 0.3 is 0 Å². The highest BCUT2D eigenvalue weighted by Gasteiger charge is 2.23. The van der Waals surface area contributed by atoms with E-state index < -0.39 is 15.9 Å². The minimum Gasteiger partial charge on any atom is -0.296 e. The second-order valence-electron chi connectivity index (χ2n) is 6.08. The van der Waals surface area contributed by atoms with E-state index in [-0.39, 0.29) is 14.6 Å². The lowest BCUT2D eigenvalue weighted by Crippen LogP contribution is -2.12. The molecule has 4 rings (SSSR count). The smallest absolute Gasteiger partial charge is 0.293 e. The topological polar surface area (TPSA) is 127 Å². The normalized spacial score (nSPS) is 11.2. The zero-order valence-electron chi connectivity index (χ0n) is 15.4. The molecular weight excluding hydrogens is 444 g/mol. The number of carbonyl (C=O) groups excluding carboxylic acids is 1. The molecule has 0 unspecified atom stereocenters. The summed E-state index contributed by atoms with van der Waals surface area (Å²) in [6.45, 7) is 1.97. The average Bonchev–Trinajstić information content (AvgIpc) is 3.39. The Morgan fingerprint density at radius 3 is 2.30 bits per heavy atom. The van der Waals surface area contributed by atoms with Crippen LogP contribution in [-0.2, 0) is 10.0 Å². The molecule has 9 nitrogen and oxygen atoms in total. The maximum Gasteiger partial charge on any atom is 0.293 e. The van der Waals surface area contributed by atoms with Crippen LogP contribution in [0.2, 0.25) is 0 Å². The van der Waals surface area contributed by atoms with Crippen molar-refractivity contribution < 1.29 is 13.2 Å². The number of hydrogen-bond acceptors (Lipinski definition) is 9. The predicted molar refractivity (Wildman–Crippen MR) is 115 cm³/mol. The van der Waals surface area contributed by atoms with Crippen LogP contribution in [-0.4, -0.2) is 34.7 Å². The molecular formula is C18H14N6O3S3. The first kappa shape index (κ1) is 20.1. The summed E-state index contributed by atoms with van der Waals surface area (Å²) in [7, 11) is -4.02. The molecule has 0 saturated heterocycles. The van der Waals surface area contributed by atoms with Crippen LogP contribution >= 0.6 is 22.7 Å². The fourth-order valence-electron chi connectivity index (χ4n) is 2.36. The highest BCUT2D eigenvalue weighted by molar-refractivity contribution is 7.94. The van der Waals surface area contributed by atoms with E-state index in [0.717, 1.165) is 33.8 Å². The van der Waals surface area contributed by atoms with Gasteiger partial charge in [0, 0.05) is 11.1 Å². The third-order valence-corrected chi connectivity index (χ3v) is 7.40. The van der Waals surface area contributed by atoms with Gasteiger partial charge in [-0.1, -0.05) is 70.7 Å². The van der Waals surface area contributed by atoms with Gasteiger partial charge in [-0.25, -0.2) is 0 Å². The van der Waals surface area contributed by atoms with Crippen molar-refractivity contribution in [1.82, 2.24) is 20.4 Å². The predicted octanol–water partition coefficient (Wildman–Crippen LogP) is 3.42. The molecule has 30 heavy (non-hydrogen) atoms. The van der Waals surface area contributed by atoms with Gasteiger partial charge in [0.15, 0.2) is 0 Å². The van der Waals surface area contributed by atoms with Crippen LogP contribution in [0.25, 0.3) is 10.6 Å². The Bertz CT molecular complexity index is 1280. The van der Waals surface area contributed by atoms with E-state index in [2.05, 4.69) is 30.4 Å². The lowest BCUT2D eigenvalue weighted by molar-refractivity contribution is 0.102. The molecule has 4 aromatic rings. The Labute approximate surface area is 179 Å². The highest BCUT2D eigenvalue weighted by Crippen LogP contribution is 2.29. The number of nitrogens with zero attached hydrogens (tertiary/aromatic N) is 4. The average molecular weight is 459 g/mol. The lowest BCUT2D eigenvalue weighted by atomic mass is 10.2. The van der Waals surface area contributed by atoms with Crippen LogP contribution in [0.15, 0.2) is 58.9 Å². The molecule has 2 aromatic carbocycles. The van der Waals surface area contributed by atoms with Crippen molar-refractivity contribution in [3.05, 3.63) is 65.7 Å². The quantitative estimate of drug-likeness (QED) is 0.424. The highest BCUT2D eigenvalue weighted by atomic mass is 32.2. The van der Waals surface area contributed by atoms with Gasteiger partial charge in [0.05, 0.1) is 0 Å². The number of rotatable bonds is 6. The standard InChI is InChI=1S/C18H14N6O3S3/c1-11-7-9-13(10-8-11)15-20-22-17(28-15)24-30(26,27)18-23-21-16(29-18)19-14(25)12-5-3-2-4-6-12/h2-10H,1H3,(H,22,24)(H,19,21,25). The summed E-state index contributed by atoms with van der Waals surface area (Å²) in [5, 5.41) is 18.6. The van der Waals surface area contributed by atoms with E-state index >= 15 is 0 Å². The zero-order valence-corrected chi connectivity index (χ0v) is 17.9. The maximum atomic E-state index is 12.6. The van der Waals surface area contributed by atoms with Gasteiger partial charge in [-0.2, -0.15) is 8.42 Å². The van der Waals surface area contributed by atoms with Crippen LogP contribution in [0.4, 0.5) is 10.3 Å². The third-order valence-electron chi connectivity index (χ3n) is 3.84. The first-order valence-electron chi connectivity index (χ1n) is 8.54. The summed E-state index contributed by atoms with van der Waals surface area (Å²) in [4.78, 5) is 12.2. The lowest BCUT2D eigenvalue weighted by Gasteiger charge is -2.00. The van der Waals surface area contributed by atoms with Gasteiger partial charge in [-0.05, 0) is 19.1 Å². The Kier molecular flexibility index (Phi) is 5.53. The molecule has 152 valence electrons. The van der Waals surface area contributed by atoms with Gasteiger partial charge in [0.1, 0.15) is 5.01 Å². The van der Waals surface area contributed by atoms with Crippen molar-refractivity contribution in [3.8, 4) is 10.6 Å². The Balaban J connectivity index is 1.47. The molecule has 0 radical (unpaired) electrons. The molecule has 2 heterocycles. The zero-order chi connectivity index (χ0) is 21.1. The molecule has 0 bridgehead atoms. The molecule has 2 N–H and O–H groups in total. The maximum absolute atomic E-state index is 12.6. The van der Waals surface area contributed by atoms with Crippen molar-refractivity contribution in [1.29, 1.82) is 0 Å². The molecule has 12 heteroatoms. The van der Waals surface area contributed by atoms with Crippen molar-refractivity contribution in [2.24, 2.45) is 0 Å². The molecule has 0 aliphatic heterocycles.